The van der Waals surface area contributed by atoms with Crippen LogP contribution in [0.4, 0.5) is 0 Å². The van der Waals surface area contributed by atoms with Gasteiger partial charge in [-0.1, -0.05) is 13.0 Å². The van der Waals surface area contributed by atoms with Crippen molar-refractivity contribution in [1.29, 1.82) is 0 Å². The predicted octanol–water partition coefficient (Wildman–Crippen LogP) is 2.38. The second-order valence-electron chi connectivity index (χ2n) is 4.25. The van der Waals surface area contributed by atoms with Crippen molar-refractivity contribution >= 4 is 5.97 Å². The van der Waals surface area contributed by atoms with Crippen LogP contribution >= 0.6 is 0 Å². The molecule has 1 aromatic carbocycles. The van der Waals surface area contributed by atoms with Crippen molar-refractivity contribution in [1.82, 2.24) is 0 Å². The van der Waals surface area contributed by atoms with Crippen LogP contribution in [0.3, 0.4) is 0 Å². The highest BCUT2D eigenvalue weighted by molar-refractivity contribution is 5.94. The summed E-state index contributed by atoms with van der Waals surface area (Å²) in [4.78, 5) is 11.4. The standard InChI is InChI=1S/C13H14O3/c1-2-12-9-3-4-10-11(7-16-13(10)14)8(9)5-6-15-12/h3-4,12H,2,5-7H2,1H3. The van der Waals surface area contributed by atoms with Crippen LogP contribution in [0.25, 0.3) is 0 Å². The Hall–Kier alpha value is -1.35. The largest absolute Gasteiger partial charge is 0.457 e. The summed E-state index contributed by atoms with van der Waals surface area (Å²) in [6.45, 7) is 3.30. The number of fused-ring (bicyclic) bond motifs is 3. The third-order valence-corrected chi connectivity index (χ3v) is 3.42. The van der Waals surface area contributed by atoms with Gasteiger partial charge in [-0.15, -0.1) is 0 Å². The number of carbonyl (C=O) groups is 1. The van der Waals surface area contributed by atoms with Crippen LogP contribution in [0.5, 0.6) is 0 Å². The Kier molecular flexibility index (Phi) is 2.21. The van der Waals surface area contributed by atoms with Crippen LogP contribution < -0.4 is 0 Å². The van der Waals surface area contributed by atoms with Gasteiger partial charge in [-0.2, -0.15) is 0 Å². The molecule has 0 N–H and O–H groups in total. The number of cyclic esters (lactones) is 1. The second-order valence-corrected chi connectivity index (χ2v) is 4.25. The minimum atomic E-state index is -0.183. The molecule has 2 heterocycles. The fourth-order valence-electron chi connectivity index (χ4n) is 2.61. The van der Waals surface area contributed by atoms with E-state index in [1.807, 2.05) is 12.1 Å². The molecule has 16 heavy (non-hydrogen) atoms. The quantitative estimate of drug-likeness (QED) is 0.679. The highest BCUT2D eigenvalue weighted by atomic mass is 16.5. The lowest BCUT2D eigenvalue weighted by Gasteiger charge is -2.26. The fraction of sp³-hybridized carbons (Fsp3) is 0.462. The first kappa shape index (κ1) is 9.85. The molecule has 0 aromatic heterocycles. The molecule has 0 saturated heterocycles. The summed E-state index contributed by atoms with van der Waals surface area (Å²) >= 11 is 0. The summed E-state index contributed by atoms with van der Waals surface area (Å²) in [5.74, 6) is -0.183. The van der Waals surface area contributed by atoms with Crippen LogP contribution in [0.15, 0.2) is 12.1 Å². The van der Waals surface area contributed by atoms with Crippen molar-refractivity contribution in [3.8, 4) is 0 Å². The van der Waals surface area contributed by atoms with Gasteiger partial charge in [0.25, 0.3) is 0 Å². The lowest BCUT2D eigenvalue weighted by molar-refractivity contribution is 0.0393. The minimum absolute atomic E-state index is 0.183. The van der Waals surface area contributed by atoms with E-state index in [0.29, 0.717) is 6.61 Å². The number of esters is 1. The van der Waals surface area contributed by atoms with E-state index in [4.69, 9.17) is 9.47 Å². The third kappa shape index (κ3) is 1.28. The molecule has 0 saturated carbocycles. The molecule has 1 atom stereocenters. The van der Waals surface area contributed by atoms with Gasteiger partial charge >= 0.3 is 5.97 Å². The van der Waals surface area contributed by atoms with E-state index >= 15 is 0 Å². The van der Waals surface area contributed by atoms with Gasteiger partial charge in [0.1, 0.15) is 6.61 Å². The van der Waals surface area contributed by atoms with Gasteiger partial charge in [-0.05, 0) is 30.0 Å². The first-order valence-corrected chi connectivity index (χ1v) is 5.74. The van der Waals surface area contributed by atoms with Gasteiger partial charge < -0.3 is 9.47 Å². The molecule has 0 spiro atoms. The number of benzene rings is 1. The summed E-state index contributed by atoms with van der Waals surface area (Å²) < 4.78 is 10.8. The molecule has 0 amide bonds. The first-order valence-electron chi connectivity index (χ1n) is 5.74. The molecule has 0 fully saturated rings. The number of hydrogen-bond donors (Lipinski definition) is 0. The van der Waals surface area contributed by atoms with E-state index in [1.54, 1.807) is 0 Å². The molecular weight excluding hydrogens is 204 g/mol. The number of hydrogen-bond acceptors (Lipinski definition) is 3. The van der Waals surface area contributed by atoms with Gasteiger partial charge in [0.15, 0.2) is 0 Å². The van der Waals surface area contributed by atoms with E-state index in [9.17, 15) is 4.79 Å². The van der Waals surface area contributed by atoms with Crippen LogP contribution in [-0.2, 0) is 22.5 Å². The second kappa shape index (κ2) is 3.59. The van der Waals surface area contributed by atoms with Gasteiger partial charge in [0, 0.05) is 5.56 Å². The van der Waals surface area contributed by atoms with Crippen molar-refractivity contribution in [3.63, 3.8) is 0 Å². The Labute approximate surface area is 94.4 Å². The summed E-state index contributed by atoms with van der Waals surface area (Å²) in [5.41, 5.74) is 4.35. The highest BCUT2D eigenvalue weighted by Gasteiger charge is 2.29. The lowest BCUT2D eigenvalue weighted by atomic mass is 9.90. The maximum atomic E-state index is 11.4. The molecule has 0 aliphatic carbocycles. The zero-order valence-corrected chi connectivity index (χ0v) is 9.29. The van der Waals surface area contributed by atoms with Crippen LogP contribution in [0.1, 0.15) is 46.5 Å². The van der Waals surface area contributed by atoms with Crippen molar-refractivity contribution in [2.45, 2.75) is 32.5 Å². The average molecular weight is 218 g/mol. The Morgan fingerprint density at radius 3 is 3.06 bits per heavy atom. The molecule has 2 aliphatic heterocycles. The Bertz CT molecular complexity index is 451. The van der Waals surface area contributed by atoms with Gasteiger partial charge in [0.05, 0.1) is 18.3 Å². The van der Waals surface area contributed by atoms with Crippen LogP contribution in [0.2, 0.25) is 0 Å². The number of carbonyl (C=O) groups excluding carboxylic acids is 1. The molecule has 0 bridgehead atoms. The fourth-order valence-corrected chi connectivity index (χ4v) is 2.61. The topological polar surface area (TPSA) is 35.5 Å². The van der Waals surface area contributed by atoms with Crippen molar-refractivity contribution in [2.75, 3.05) is 6.61 Å². The molecular formula is C13H14O3. The summed E-state index contributed by atoms with van der Waals surface area (Å²) in [6, 6.07) is 3.90. The zero-order chi connectivity index (χ0) is 11.1. The third-order valence-electron chi connectivity index (χ3n) is 3.42. The molecule has 3 rings (SSSR count). The summed E-state index contributed by atoms with van der Waals surface area (Å²) in [7, 11) is 0. The highest BCUT2D eigenvalue weighted by Crippen LogP contribution is 2.35. The molecule has 3 heteroatoms. The molecule has 1 unspecified atom stereocenters. The van der Waals surface area contributed by atoms with Crippen molar-refractivity contribution in [3.05, 3.63) is 34.4 Å². The van der Waals surface area contributed by atoms with E-state index in [1.165, 1.54) is 11.1 Å². The van der Waals surface area contributed by atoms with Gasteiger partial charge in [0.2, 0.25) is 0 Å². The van der Waals surface area contributed by atoms with Crippen molar-refractivity contribution < 1.29 is 14.3 Å². The van der Waals surface area contributed by atoms with Gasteiger partial charge in [-0.3, -0.25) is 0 Å². The van der Waals surface area contributed by atoms with E-state index in [0.717, 1.165) is 30.6 Å². The maximum absolute atomic E-state index is 11.4. The molecule has 2 aliphatic rings. The predicted molar refractivity (Wildman–Crippen MR) is 58.2 cm³/mol. The molecule has 84 valence electrons. The van der Waals surface area contributed by atoms with Crippen LogP contribution in [0, 0.1) is 0 Å². The molecule has 0 radical (unpaired) electrons. The summed E-state index contributed by atoms with van der Waals surface area (Å²) in [5, 5.41) is 0. The maximum Gasteiger partial charge on any atom is 0.338 e. The Morgan fingerprint density at radius 1 is 1.38 bits per heavy atom. The smallest absolute Gasteiger partial charge is 0.338 e. The van der Waals surface area contributed by atoms with Gasteiger partial charge in [-0.25, -0.2) is 4.79 Å². The number of ether oxygens (including phenoxy) is 2. The first-order chi connectivity index (χ1) is 7.81. The number of rotatable bonds is 1. The normalized spacial score (nSPS) is 22.6. The zero-order valence-electron chi connectivity index (χ0n) is 9.29. The summed E-state index contributed by atoms with van der Waals surface area (Å²) in [6.07, 6.45) is 2.05. The van der Waals surface area contributed by atoms with E-state index < -0.39 is 0 Å². The Morgan fingerprint density at radius 2 is 2.25 bits per heavy atom. The van der Waals surface area contributed by atoms with Crippen molar-refractivity contribution in [2.24, 2.45) is 0 Å². The van der Waals surface area contributed by atoms with E-state index in [2.05, 4.69) is 6.92 Å². The lowest BCUT2D eigenvalue weighted by Crippen LogP contribution is -2.17. The Balaban J connectivity index is 2.15. The molecule has 3 nitrogen and oxygen atoms in total. The SMILES string of the molecule is CCC1OCCc2c1ccc1c2COC1=O. The minimum Gasteiger partial charge on any atom is -0.457 e. The van der Waals surface area contributed by atoms with Crippen LogP contribution in [-0.4, -0.2) is 12.6 Å². The average Bonchev–Trinajstić information content (AvgIpc) is 2.70. The monoisotopic (exact) mass is 218 g/mol. The van der Waals surface area contributed by atoms with E-state index in [-0.39, 0.29) is 12.1 Å². The molecule has 1 aromatic rings.